The van der Waals surface area contributed by atoms with Crippen LogP contribution in [0.15, 0.2) is 42.6 Å². The van der Waals surface area contributed by atoms with Crippen molar-refractivity contribution in [1.29, 1.82) is 0 Å². The lowest BCUT2D eigenvalue weighted by atomic mass is 10.0. The number of hydrogen-bond donors (Lipinski definition) is 1. The number of carbonyl (C=O) groups is 1. The highest BCUT2D eigenvalue weighted by Gasteiger charge is 2.29. The molecular formula is C28H31FN4O2. The molecule has 0 bridgehead atoms. The van der Waals surface area contributed by atoms with Gasteiger partial charge in [-0.1, -0.05) is 24.3 Å². The molecular weight excluding hydrogens is 443 g/mol. The van der Waals surface area contributed by atoms with E-state index in [2.05, 4.69) is 27.2 Å². The first-order valence-corrected chi connectivity index (χ1v) is 12.8. The van der Waals surface area contributed by atoms with Crippen molar-refractivity contribution >= 4 is 28.2 Å². The smallest absolute Gasteiger partial charge is 0.255 e. The number of nitrogens with one attached hydrogen (secondary N) is 1. The van der Waals surface area contributed by atoms with Crippen LogP contribution in [0.3, 0.4) is 0 Å². The number of halogens is 1. The molecule has 6 rings (SSSR count). The molecule has 0 saturated carbocycles. The van der Waals surface area contributed by atoms with Gasteiger partial charge in [-0.05, 0) is 55.4 Å². The van der Waals surface area contributed by atoms with E-state index in [9.17, 15) is 4.79 Å². The molecule has 3 aliphatic rings. The number of rotatable bonds is 4. The number of piperidine rings is 1. The third kappa shape index (κ3) is 4.12. The molecule has 1 N–H and O–H groups in total. The Labute approximate surface area is 205 Å². The first kappa shape index (κ1) is 22.3. The molecule has 1 amide bonds. The Hall–Kier alpha value is -3.19. The first-order valence-electron chi connectivity index (χ1n) is 12.8. The molecule has 0 radical (unpaired) electrons. The van der Waals surface area contributed by atoms with Crippen LogP contribution in [-0.4, -0.2) is 50.3 Å². The van der Waals surface area contributed by atoms with Crippen molar-refractivity contribution in [3.8, 4) is 0 Å². The van der Waals surface area contributed by atoms with Gasteiger partial charge in [-0.15, -0.1) is 0 Å². The van der Waals surface area contributed by atoms with Gasteiger partial charge < -0.3 is 19.9 Å². The van der Waals surface area contributed by atoms with E-state index in [0.29, 0.717) is 43.1 Å². The summed E-state index contributed by atoms with van der Waals surface area (Å²) in [6.07, 6.45) is 6.78. The van der Waals surface area contributed by atoms with Crippen molar-refractivity contribution in [3.63, 3.8) is 0 Å². The minimum absolute atomic E-state index is 0.0101. The highest BCUT2D eigenvalue weighted by atomic mass is 19.1. The summed E-state index contributed by atoms with van der Waals surface area (Å²) in [6, 6.07) is 11.6. The van der Waals surface area contributed by atoms with Crippen molar-refractivity contribution in [2.45, 2.75) is 38.1 Å². The molecule has 2 aliphatic heterocycles. The molecule has 2 fully saturated rings. The van der Waals surface area contributed by atoms with Gasteiger partial charge in [-0.3, -0.25) is 9.78 Å². The maximum Gasteiger partial charge on any atom is 0.255 e. The van der Waals surface area contributed by atoms with Crippen LogP contribution in [0.1, 0.15) is 53.2 Å². The molecule has 2 saturated heterocycles. The van der Waals surface area contributed by atoms with Crippen LogP contribution in [0.5, 0.6) is 0 Å². The number of fused-ring (bicyclic) bond motifs is 2. The molecule has 1 aromatic heterocycles. The van der Waals surface area contributed by atoms with Gasteiger partial charge in [0, 0.05) is 37.8 Å². The number of anilines is 2. The zero-order chi connectivity index (χ0) is 23.8. The van der Waals surface area contributed by atoms with E-state index >= 15 is 4.39 Å². The van der Waals surface area contributed by atoms with Crippen molar-refractivity contribution in [1.82, 2.24) is 10.3 Å². The van der Waals surface area contributed by atoms with Crippen LogP contribution < -0.4 is 15.1 Å². The van der Waals surface area contributed by atoms with Crippen LogP contribution >= 0.6 is 0 Å². The third-order valence-corrected chi connectivity index (χ3v) is 7.62. The average Bonchev–Trinajstić information content (AvgIpc) is 3.31. The van der Waals surface area contributed by atoms with Crippen LogP contribution in [0.25, 0.3) is 10.9 Å². The quantitative estimate of drug-likeness (QED) is 0.598. The number of ether oxygens (including phenoxy) is 1. The van der Waals surface area contributed by atoms with E-state index < -0.39 is 0 Å². The van der Waals surface area contributed by atoms with Gasteiger partial charge in [0.05, 0.1) is 41.7 Å². The van der Waals surface area contributed by atoms with E-state index in [0.717, 1.165) is 49.8 Å². The topological polar surface area (TPSA) is 57.7 Å². The van der Waals surface area contributed by atoms with Gasteiger partial charge in [0.15, 0.2) is 0 Å². The summed E-state index contributed by atoms with van der Waals surface area (Å²) in [6.45, 7) is 4.22. The molecule has 7 heteroatoms. The Balaban J connectivity index is 1.43. The summed E-state index contributed by atoms with van der Waals surface area (Å²) < 4.78 is 20.7. The molecule has 6 nitrogen and oxygen atoms in total. The fourth-order valence-corrected chi connectivity index (χ4v) is 5.87. The molecule has 1 atom stereocenters. The molecule has 3 heterocycles. The number of amides is 1. The predicted octanol–water partition coefficient (Wildman–Crippen LogP) is 4.62. The summed E-state index contributed by atoms with van der Waals surface area (Å²) in [5.74, 6) is -0.383. The molecule has 35 heavy (non-hydrogen) atoms. The number of nitrogens with zero attached hydrogens (tertiary/aromatic N) is 3. The van der Waals surface area contributed by atoms with Crippen molar-refractivity contribution in [2.24, 2.45) is 0 Å². The molecule has 3 aromatic rings. The number of pyridine rings is 1. The maximum atomic E-state index is 15.2. The number of carbonyl (C=O) groups excluding carboxylic acids is 1. The fraction of sp³-hybridized carbons (Fsp3) is 0.429. The van der Waals surface area contributed by atoms with Gasteiger partial charge in [0.1, 0.15) is 5.82 Å². The lowest BCUT2D eigenvalue weighted by Gasteiger charge is -2.33. The summed E-state index contributed by atoms with van der Waals surface area (Å²) in [4.78, 5) is 22.7. The Morgan fingerprint density at radius 1 is 0.971 bits per heavy atom. The van der Waals surface area contributed by atoms with Gasteiger partial charge in [-0.25, -0.2) is 4.39 Å². The summed E-state index contributed by atoms with van der Waals surface area (Å²) in [5.41, 5.74) is 5.06. The van der Waals surface area contributed by atoms with Crippen molar-refractivity contribution < 1.29 is 13.9 Å². The molecule has 2 aromatic carbocycles. The fourth-order valence-electron chi connectivity index (χ4n) is 5.87. The highest BCUT2D eigenvalue weighted by Crippen LogP contribution is 2.38. The first-order chi connectivity index (χ1) is 17.2. The minimum Gasteiger partial charge on any atom is -0.378 e. The summed E-state index contributed by atoms with van der Waals surface area (Å²) in [5, 5.41) is 4.09. The second kappa shape index (κ2) is 9.46. The molecule has 0 spiro atoms. The maximum absolute atomic E-state index is 15.2. The van der Waals surface area contributed by atoms with Crippen LogP contribution in [0.2, 0.25) is 0 Å². The zero-order valence-electron chi connectivity index (χ0n) is 19.9. The zero-order valence-corrected chi connectivity index (χ0v) is 19.9. The number of benzene rings is 2. The van der Waals surface area contributed by atoms with Crippen LogP contribution in [0.4, 0.5) is 15.8 Å². The van der Waals surface area contributed by atoms with Crippen molar-refractivity contribution in [3.05, 3.63) is 65.1 Å². The van der Waals surface area contributed by atoms with Gasteiger partial charge in [0.2, 0.25) is 0 Å². The monoisotopic (exact) mass is 474 g/mol. The van der Waals surface area contributed by atoms with Gasteiger partial charge in [-0.2, -0.15) is 0 Å². The Kier molecular flexibility index (Phi) is 6.02. The standard InChI is InChI=1S/C28H31FN4O2/c29-23-10-9-21-25(27(23)32-12-4-1-5-13-32)30-18-22(26(21)33-14-16-35-17-15-33)28(34)31-24-11-8-19-6-2-3-7-20(19)24/h2-3,6-7,9-10,18,24H,1,4-5,8,11-17H2,(H,31,34)/t24-/m0/s1. The van der Waals surface area contributed by atoms with Crippen molar-refractivity contribution in [2.75, 3.05) is 49.2 Å². The van der Waals surface area contributed by atoms with E-state index in [1.807, 2.05) is 12.1 Å². The normalized spacial score (nSPS) is 20.2. The van der Waals surface area contributed by atoms with Crippen LogP contribution in [-0.2, 0) is 11.2 Å². The number of hydrogen-bond acceptors (Lipinski definition) is 5. The molecule has 182 valence electrons. The Morgan fingerprint density at radius 3 is 2.57 bits per heavy atom. The van der Waals surface area contributed by atoms with E-state index in [-0.39, 0.29) is 17.8 Å². The second-order valence-electron chi connectivity index (χ2n) is 9.72. The largest absolute Gasteiger partial charge is 0.378 e. The average molecular weight is 475 g/mol. The number of aryl methyl sites for hydroxylation is 1. The second-order valence-corrected chi connectivity index (χ2v) is 9.72. The Bertz CT molecular complexity index is 1250. The lowest BCUT2D eigenvalue weighted by molar-refractivity contribution is 0.0935. The predicted molar refractivity (Wildman–Crippen MR) is 136 cm³/mol. The highest BCUT2D eigenvalue weighted by molar-refractivity contribution is 6.10. The minimum atomic E-state index is -0.250. The summed E-state index contributed by atoms with van der Waals surface area (Å²) >= 11 is 0. The number of aromatic nitrogens is 1. The molecule has 0 unspecified atom stereocenters. The van der Waals surface area contributed by atoms with Gasteiger partial charge >= 0.3 is 0 Å². The van der Waals surface area contributed by atoms with E-state index in [1.54, 1.807) is 12.3 Å². The number of morpholine rings is 1. The van der Waals surface area contributed by atoms with E-state index in [4.69, 9.17) is 9.72 Å². The summed E-state index contributed by atoms with van der Waals surface area (Å²) in [7, 11) is 0. The van der Waals surface area contributed by atoms with E-state index in [1.165, 1.54) is 23.6 Å². The SMILES string of the molecule is O=C(N[C@H]1CCc2ccccc21)c1cnc2c(N3CCCCC3)c(F)ccc2c1N1CCOCC1. The Morgan fingerprint density at radius 2 is 1.74 bits per heavy atom. The van der Waals surface area contributed by atoms with Crippen LogP contribution in [0, 0.1) is 5.82 Å². The lowest BCUT2D eigenvalue weighted by Crippen LogP contribution is -2.38. The van der Waals surface area contributed by atoms with Gasteiger partial charge in [0.25, 0.3) is 5.91 Å². The molecule has 1 aliphatic carbocycles. The third-order valence-electron chi connectivity index (χ3n) is 7.62.